The molecular weight excluding hydrogens is 417 g/mol. The predicted molar refractivity (Wildman–Crippen MR) is 106 cm³/mol. The van der Waals surface area contributed by atoms with E-state index in [1.165, 1.54) is 26.0 Å². The van der Waals surface area contributed by atoms with E-state index in [9.17, 15) is 22.8 Å². The van der Waals surface area contributed by atoms with Gasteiger partial charge in [-0.3, -0.25) is 4.79 Å². The molecule has 166 valence electrons. The standard InChI is InChI=1S/C22H21F3O6/c1-5-6-9-29-15-8-7-13-18(26)17(14-10-16(21(27)28-4)30-12(14)3)20(22(23,24)25)31-19(13)11(15)2/h7-8,10H,5-6,9H2,1-4H3. The quantitative estimate of drug-likeness (QED) is 0.365. The Morgan fingerprint density at radius 1 is 1.16 bits per heavy atom. The number of esters is 1. The third kappa shape index (κ3) is 4.17. The Morgan fingerprint density at radius 3 is 2.48 bits per heavy atom. The van der Waals surface area contributed by atoms with Crippen molar-refractivity contribution in [1.82, 2.24) is 0 Å². The van der Waals surface area contributed by atoms with E-state index in [1.54, 1.807) is 0 Å². The van der Waals surface area contributed by atoms with E-state index >= 15 is 0 Å². The van der Waals surface area contributed by atoms with Crippen LogP contribution in [0.1, 0.15) is 47.4 Å². The van der Waals surface area contributed by atoms with Gasteiger partial charge in [-0.25, -0.2) is 4.79 Å². The van der Waals surface area contributed by atoms with E-state index in [2.05, 4.69) is 4.74 Å². The summed E-state index contributed by atoms with van der Waals surface area (Å²) >= 11 is 0. The molecule has 0 saturated heterocycles. The first kappa shape index (κ1) is 22.5. The van der Waals surface area contributed by atoms with E-state index in [1.807, 2.05) is 6.92 Å². The monoisotopic (exact) mass is 438 g/mol. The highest BCUT2D eigenvalue weighted by Gasteiger charge is 2.40. The molecular formula is C22H21F3O6. The summed E-state index contributed by atoms with van der Waals surface area (Å²) in [7, 11) is 1.11. The first-order chi connectivity index (χ1) is 14.6. The maximum atomic E-state index is 13.9. The lowest BCUT2D eigenvalue weighted by Crippen LogP contribution is -2.16. The molecule has 2 heterocycles. The highest BCUT2D eigenvalue weighted by molar-refractivity contribution is 5.91. The van der Waals surface area contributed by atoms with Gasteiger partial charge in [0, 0.05) is 11.1 Å². The van der Waals surface area contributed by atoms with Gasteiger partial charge in [0.2, 0.25) is 16.9 Å². The van der Waals surface area contributed by atoms with Crippen molar-refractivity contribution in [3.63, 3.8) is 0 Å². The van der Waals surface area contributed by atoms with Gasteiger partial charge < -0.3 is 18.3 Å². The number of hydrogen-bond donors (Lipinski definition) is 0. The maximum Gasteiger partial charge on any atom is 0.450 e. The number of alkyl halides is 3. The number of furan rings is 1. The van der Waals surface area contributed by atoms with E-state index in [-0.39, 0.29) is 28.1 Å². The molecule has 0 aliphatic rings. The lowest BCUT2D eigenvalue weighted by molar-refractivity contribution is -0.152. The van der Waals surface area contributed by atoms with E-state index in [0.717, 1.165) is 26.0 Å². The van der Waals surface area contributed by atoms with Gasteiger partial charge in [-0.15, -0.1) is 0 Å². The summed E-state index contributed by atoms with van der Waals surface area (Å²) in [6.07, 6.45) is -3.30. The molecule has 0 fully saturated rings. The van der Waals surface area contributed by atoms with Crippen LogP contribution >= 0.6 is 0 Å². The molecule has 0 amide bonds. The Labute approximate surface area is 175 Å². The van der Waals surface area contributed by atoms with Crippen LogP contribution in [-0.2, 0) is 10.9 Å². The van der Waals surface area contributed by atoms with Crippen LogP contribution in [0.5, 0.6) is 5.75 Å². The van der Waals surface area contributed by atoms with Crippen molar-refractivity contribution in [3.8, 4) is 16.9 Å². The topological polar surface area (TPSA) is 78.9 Å². The first-order valence-corrected chi connectivity index (χ1v) is 9.59. The van der Waals surface area contributed by atoms with Gasteiger partial charge in [-0.05, 0) is 38.5 Å². The van der Waals surface area contributed by atoms with E-state index < -0.39 is 28.9 Å². The Hall–Kier alpha value is -3.23. The molecule has 3 rings (SSSR count). The Kier molecular flexibility index (Phi) is 6.15. The number of benzene rings is 1. The van der Waals surface area contributed by atoms with Crippen LogP contribution in [0, 0.1) is 13.8 Å². The fourth-order valence-electron chi connectivity index (χ4n) is 3.23. The lowest BCUT2D eigenvalue weighted by Gasteiger charge is -2.15. The van der Waals surface area contributed by atoms with Crippen LogP contribution in [0.25, 0.3) is 22.1 Å². The SMILES string of the molecule is CCCCOc1ccc2c(=O)c(-c3cc(C(=O)OC)oc3C)c(C(F)(F)F)oc2c1C. The van der Waals surface area contributed by atoms with Crippen molar-refractivity contribution in [1.29, 1.82) is 0 Å². The number of halogens is 3. The zero-order valence-corrected chi connectivity index (χ0v) is 17.4. The number of carbonyl (C=O) groups is 1. The van der Waals surface area contributed by atoms with Crippen molar-refractivity contribution in [3.05, 3.63) is 51.3 Å². The second kappa shape index (κ2) is 8.49. The molecule has 0 radical (unpaired) electrons. The second-order valence-electron chi connectivity index (χ2n) is 6.97. The minimum absolute atomic E-state index is 0.0384. The number of rotatable bonds is 6. The average Bonchev–Trinajstić information content (AvgIpc) is 3.10. The van der Waals surface area contributed by atoms with Crippen molar-refractivity contribution < 1.29 is 36.3 Å². The van der Waals surface area contributed by atoms with Gasteiger partial charge in [0.05, 0.1) is 24.7 Å². The smallest absolute Gasteiger partial charge is 0.450 e. The zero-order valence-electron chi connectivity index (χ0n) is 17.4. The fourth-order valence-corrected chi connectivity index (χ4v) is 3.23. The average molecular weight is 438 g/mol. The van der Waals surface area contributed by atoms with E-state index in [0.29, 0.717) is 17.9 Å². The molecule has 0 spiro atoms. The van der Waals surface area contributed by atoms with Crippen molar-refractivity contribution in [2.75, 3.05) is 13.7 Å². The van der Waals surface area contributed by atoms with E-state index in [4.69, 9.17) is 13.6 Å². The third-order valence-corrected chi connectivity index (χ3v) is 4.85. The van der Waals surface area contributed by atoms with Crippen LogP contribution in [0.4, 0.5) is 13.2 Å². The van der Waals surface area contributed by atoms with Gasteiger partial charge in [-0.2, -0.15) is 13.2 Å². The third-order valence-electron chi connectivity index (χ3n) is 4.85. The number of fused-ring (bicyclic) bond motifs is 1. The second-order valence-corrected chi connectivity index (χ2v) is 6.97. The number of unbranched alkanes of at least 4 members (excludes halogenated alkanes) is 1. The van der Waals surface area contributed by atoms with Crippen LogP contribution in [-0.4, -0.2) is 19.7 Å². The molecule has 6 nitrogen and oxygen atoms in total. The summed E-state index contributed by atoms with van der Waals surface area (Å²) in [5.74, 6) is -2.37. The number of ether oxygens (including phenoxy) is 2. The number of aryl methyl sites for hydroxylation is 2. The molecule has 2 aromatic heterocycles. The van der Waals surface area contributed by atoms with Crippen LogP contribution in [0.15, 0.2) is 31.8 Å². The minimum Gasteiger partial charge on any atom is -0.493 e. The summed E-state index contributed by atoms with van der Waals surface area (Å²) in [5.41, 5.74) is -1.72. The van der Waals surface area contributed by atoms with Crippen LogP contribution in [0.2, 0.25) is 0 Å². The summed E-state index contributed by atoms with van der Waals surface area (Å²) in [6.45, 7) is 5.25. The normalized spacial score (nSPS) is 11.7. The van der Waals surface area contributed by atoms with Crippen molar-refractivity contribution in [2.45, 2.75) is 39.8 Å². The van der Waals surface area contributed by atoms with Gasteiger partial charge >= 0.3 is 12.1 Å². The molecule has 0 unspecified atom stereocenters. The number of carbonyl (C=O) groups excluding carboxylic acids is 1. The molecule has 3 aromatic rings. The lowest BCUT2D eigenvalue weighted by atomic mass is 10.0. The summed E-state index contributed by atoms with van der Waals surface area (Å²) in [4.78, 5) is 24.9. The van der Waals surface area contributed by atoms with Crippen molar-refractivity contribution in [2.24, 2.45) is 0 Å². The predicted octanol–water partition coefficient (Wildman–Crippen LogP) is 5.65. The Bertz CT molecular complexity index is 1190. The summed E-state index contributed by atoms with van der Waals surface area (Å²) < 4.78 is 62.3. The van der Waals surface area contributed by atoms with Gasteiger partial charge in [-0.1, -0.05) is 13.3 Å². The fraction of sp³-hybridized carbons (Fsp3) is 0.364. The molecule has 0 aliphatic carbocycles. The number of hydrogen-bond acceptors (Lipinski definition) is 6. The first-order valence-electron chi connectivity index (χ1n) is 9.59. The molecule has 1 aromatic carbocycles. The molecule has 0 atom stereocenters. The minimum atomic E-state index is -4.97. The molecule has 31 heavy (non-hydrogen) atoms. The highest BCUT2D eigenvalue weighted by atomic mass is 19.4. The van der Waals surface area contributed by atoms with Crippen LogP contribution in [0.3, 0.4) is 0 Å². The molecule has 9 heteroatoms. The zero-order chi connectivity index (χ0) is 22.9. The summed E-state index contributed by atoms with van der Waals surface area (Å²) in [6, 6.07) is 3.95. The molecule has 0 aliphatic heterocycles. The molecule has 0 N–H and O–H groups in total. The molecule has 0 bridgehead atoms. The summed E-state index contributed by atoms with van der Waals surface area (Å²) in [5, 5.41) is -0.0384. The number of methoxy groups -OCH3 is 1. The van der Waals surface area contributed by atoms with Crippen molar-refractivity contribution >= 4 is 16.9 Å². The van der Waals surface area contributed by atoms with Gasteiger partial charge in [0.25, 0.3) is 0 Å². The van der Waals surface area contributed by atoms with Gasteiger partial charge in [0.1, 0.15) is 17.1 Å². The van der Waals surface area contributed by atoms with Gasteiger partial charge in [0.15, 0.2) is 0 Å². The maximum absolute atomic E-state index is 13.9. The van der Waals surface area contributed by atoms with Crippen LogP contribution < -0.4 is 10.2 Å². The Morgan fingerprint density at radius 2 is 1.87 bits per heavy atom. The largest absolute Gasteiger partial charge is 0.493 e. The Balaban J connectivity index is 2.29. The molecule has 0 saturated carbocycles. The highest BCUT2D eigenvalue weighted by Crippen LogP contribution is 2.40.